The average Bonchev–Trinajstić information content (AvgIpc) is 2.19. The molecule has 0 aromatic carbocycles. The number of rotatable bonds is 4. The highest BCUT2D eigenvalue weighted by molar-refractivity contribution is 5.76. The molecule has 4 nitrogen and oxygen atoms in total. The molecule has 0 aliphatic carbocycles. The molecule has 0 aromatic heterocycles. The summed E-state index contributed by atoms with van der Waals surface area (Å²) >= 11 is 0. The first-order chi connectivity index (χ1) is 6.74. The average molecular weight is 200 g/mol. The number of piperazine rings is 1. The van der Waals surface area contributed by atoms with Crippen LogP contribution >= 0.6 is 0 Å². The zero-order chi connectivity index (χ0) is 10.4. The van der Waals surface area contributed by atoms with E-state index in [1.165, 1.54) is 0 Å². The maximum absolute atomic E-state index is 11.6. The van der Waals surface area contributed by atoms with Gasteiger partial charge in [-0.3, -0.25) is 4.79 Å². The Bertz CT molecular complexity index is 177. The smallest absolute Gasteiger partial charge is 0.222 e. The van der Waals surface area contributed by atoms with Crippen LogP contribution in [0.4, 0.5) is 0 Å². The van der Waals surface area contributed by atoms with Crippen LogP contribution in [0.2, 0.25) is 0 Å². The Morgan fingerprint density at radius 1 is 1.29 bits per heavy atom. The van der Waals surface area contributed by atoms with Crippen LogP contribution in [0, 0.1) is 0 Å². The molecule has 4 heteroatoms. The number of nitrogens with zero attached hydrogens (tertiary/aromatic N) is 2. The zero-order valence-electron chi connectivity index (χ0n) is 9.16. The second-order valence-corrected chi connectivity index (χ2v) is 3.78. The summed E-state index contributed by atoms with van der Waals surface area (Å²) in [5, 5.41) is 0. The first-order valence-electron chi connectivity index (χ1n) is 5.19. The normalized spacial score (nSPS) is 18.6. The second-order valence-electron chi connectivity index (χ2n) is 3.78. The highest BCUT2D eigenvalue weighted by atomic mass is 16.5. The van der Waals surface area contributed by atoms with Gasteiger partial charge < -0.3 is 14.5 Å². The van der Waals surface area contributed by atoms with E-state index in [-0.39, 0.29) is 5.91 Å². The van der Waals surface area contributed by atoms with E-state index < -0.39 is 0 Å². The maximum Gasteiger partial charge on any atom is 0.222 e. The summed E-state index contributed by atoms with van der Waals surface area (Å²) in [5.41, 5.74) is 0. The fourth-order valence-corrected chi connectivity index (χ4v) is 1.58. The van der Waals surface area contributed by atoms with Gasteiger partial charge in [-0.15, -0.1) is 0 Å². The third kappa shape index (κ3) is 3.64. The third-order valence-electron chi connectivity index (χ3n) is 2.60. The molecule has 1 aliphatic heterocycles. The molecule has 1 aliphatic rings. The molecule has 1 amide bonds. The topological polar surface area (TPSA) is 32.8 Å². The van der Waals surface area contributed by atoms with Gasteiger partial charge >= 0.3 is 0 Å². The molecule has 0 spiro atoms. The number of ether oxygens (including phenoxy) is 1. The lowest BCUT2D eigenvalue weighted by atomic mass is 10.2. The van der Waals surface area contributed by atoms with E-state index in [2.05, 4.69) is 11.9 Å². The van der Waals surface area contributed by atoms with Crippen LogP contribution in [0.15, 0.2) is 0 Å². The van der Waals surface area contributed by atoms with Crippen LogP contribution in [-0.2, 0) is 9.53 Å². The Morgan fingerprint density at radius 2 is 1.93 bits per heavy atom. The van der Waals surface area contributed by atoms with Crippen molar-refractivity contribution in [3.8, 4) is 0 Å². The number of likely N-dealkylation sites (N-methyl/N-ethyl adjacent to an activating group) is 1. The van der Waals surface area contributed by atoms with Gasteiger partial charge in [-0.2, -0.15) is 0 Å². The molecule has 1 saturated heterocycles. The maximum atomic E-state index is 11.6. The lowest BCUT2D eigenvalue weighted by Gasteiger charge is -2.32. The van der Waals surface area contributed by atoms with Crippen molar-refractivity contribution in [2.75, 3.05) is 46.9 Å². The Hall–Kier alpha value is -0.610. The van der Waals surface area contributed by atoms with Crippen LogP contribution in [0.1, 0.15) is 12.8 Å². The molecule has 14 heavy (non-hydrogen) atoms. The van der Waals surface area contributed by atoms with Crippen LogP contribution in [-0.4, -0.2) is 62.7 Å². The zero-order valence-corrected chi connectivity index (χ0v) is 9.16. The predicted octanol–water partition coefficient (Wildman–Crippen LogP) is 0.187. The Balaban J connectivity index is 2.17. The van der Waals surface area contributed by atoms with E-state index in [1.807, 2.05) is 4.90 Å². The van der Waals surface area contributed by atoms with Crippen molar-refractivity contribution in [1.29, 1.82) is 0 Å². The molecule has 1 rings (SSSR count). The number of hydrogen-bond donors (Lipinski definition) is 0. The van der Waals surface area contributed by atoms with E-state index in [0.717, 1.165) is 32.6 Å². The van der Waals surface area contributed by atoms with Gasteiger partial charge in [-0.05, 0) is 13.5 Å². The number of hydrogen-bond acceptors (Lipinski definition) is 3. The summed E-state index contributed by atoms with van der Waals surface area (Å²) in [6, 6.07) is 0. The highest BCUT2D eigenvalue weighted by Crippen LogP contribution is 2.03. The van der Waals surface area contributed by atoms with Crippen LogP contribution in [0.5, 0.6) is 0 Å². The molecule has 1 fully saturated rings. The van der Waals surface area contributed by atoms with E-state index in [9.17, 15) is 4.79 Å². The molecule has 0 N–H and O–H groups in total. The van der Waals surface area contributed by atoms with Gasteiger partial charge in [0.05, 0.1) is 0 Å². The summed E-state index contributed by atoms with van der Waals surface area (Å²) < 4.78 is 4.92. The van der Waals surface area contributed by atoms with E-state index in [1.54, 1.807) is 7.11 Å². The summed E-state index contributed by atoms with van der Waals surface area (Å²) in [7, 11) is 3.76. The summed E-state index contributed by atoms with van der Waals surface area (Å²) in [6.45, 7) is 4.43. The second kappa shape index (κ2) is 5.98. The molecule has 0 radical (unpaired) electrons. The molecule has 0 unspecified atom stereocenters. The first kappa shape index (κ1) is 11.5. The molecule has 0 saturated carbocycles. The van der Waals surface area contributed by atoms with Crippen molar-refractivity contribution in [2.24, 2.45) is 0 Å². The quantitative estimate of drug-likeness (QED) is 0.607. The highest BCUT2D eigenvalue weighted by Gasteiger charge is 2.17. The van der Waals surface area contributed by atoms with E-state index in [4.69, 9.17) is 4.74 Å². The van der Waals surface area contributed by atoms with Gasteiger partial charge in [-0.1, -0.05) is 0 Å². The fraction of sp³-hybridized carbons (Fsp3) is 0.900. The molecular formula is C10H20N2O2. The van der Waals surface area contributed by atoms with Crippen molar-refractivity contribution in [3.63, 3.8) is 0 Å². The van der Waals surface area contributed by atoms with Crippen molar-refractivity contribution in [2.45, 2.75) is 12.8 Å². The van der Waals surface area contributed by atoms with Gasteiger partial charge in [0.25, 0.3) is 0 Å². The molecule has 1 heterocycles. The Kier molecular flexibility index (Phi) is 4.90. The van der Waals surface area contributed by atoms with Crippen molar-refractivity contribution < 1.29 is 9.53 Å². The van der Waals surface area contributed by atoms with Crippen LogP contribution in [0.25, 0.3) is 0 Å². The Labute approximate surface area is 85.8 Å². The van der Waals surface area contributed by atoms with Gasteiger partial charge in [0.15, 0.2) is 0 Å². The number of carbonyl (C=O) groups excluding carboxylic acids is 1. The molecular weight excluding hydrogens is 180 g/mol. The van der Waals surface area contributed by atoms with E-state index >= 15 is 0 Å². The minimum absolute atomic E-state index is 0.273. The number of methoxy groups -OCH3 is 1. The summed E-state index contributed by atoms with van der Waals surface area (Å²) in [5.74, 6) is 0.273. The van der Waals surface area contributed by atoms with Gasteiger partial charge in [0.1, 0.15) is 0 Å². The fourth-order valence-electron chi connectivity index (χ4n) is 1.58. The van der Waals surface area contributed by atoms with Crippen molar-refractivity contribution in [1.82, 2.24) is 9.80 Å². The Morgan fingerprint density at radius 3 is 2.50 bits per heavy atom. The van der Waals surface area contributed by atoms with Crippen LogP contribution < -0.4 is 0 Å². The monoisotopic (exact) mass is 200 g/mol. The largest absolute Gasteiger partial charge is 0.385 e. The molecule has 82 valence electrons. The minimum Gasteiger partial charge on any atom is -0.385 e. The van der Waals surface area contributed by atoms with E-state index in [0.29, 0.717) is 13.0 Å². The summed E-state index contributed by atoms with van der Waals surface area (Å²) in [6.07, 6.45) is 1.46. The van der Waals surface area contributed by atoms with Gasteiger partial charge in [0, 0.05) is 46.3 Å². The van der Waals surface area contributed by atoms with Crippen molar-refractivity contribution in [3.05, 3.63) is 0 Å². The SMILES string of the molecule is COCCCC(=O)N1CCN(C)CC1. The summed E-state index contributed by atoms with van der Waals surface area (Å²) in [4.78, 5) is 15.8. The van der Waals surface area contributed by atoms with Gasteiger partial charge in [0.2, 0.25) is 5.91 Å². The third-order valence-corrected chi connectivity index (χ3v) is 2.60. The number of amides is 1. The lowest BCUT2D eigenvalue weighted by molar-refractivity contribution is -0.133. The van der Waals surface area contributed by atoms with Crippen molar-refractivity contribution >= 4 is 5.91 Å². The molecule has 0 atom stereocenters. The minimum atomic E-state index is 0.273. The number of carbonyl (C=O) groups is 1. The van der Waals surface area contributed by atoms with Gasteiger partial charge in [-0.25, -0.2) is 0 Å². The molecule has 0 aromatic rings. The van der Waals surface area contributed by atoms with Crippen LogP contribution in [0.3, 0.4) is 0 Å². The lowest BCUT2D eigenvalue weighted by Crippen LogP contribution is -2.47. The first-order valence-corrected chi connectivity index (χ1v) is 5.19. The standard InChI is InChI=1S/C10H20N2O2/c1-11-5-7-12(8-6-11)10(13)4-3-9-14-2/h3-9H2,1-2H3. The predicted molar refractivity (Wildman–Crippen MR) is 55.2 cm³/mol. The molecule has 0 bridgehead atoms.